The van der Waals surface area contributed by atoms with Crippen LogP contribution in [0.5, 0.6) is 17.2 Å². The summed E-state index contributed by atoms with van der Waals surface area (Å²) >= 11 is 0. The Hall–Kier alpha value is -2.73. The number of hydrogen-bond acceptors (Lipinski definition) is 4. The van der Waals surface area contributed by atoms with E-state index in [4.69, 9.17) is 14.2 Å². The fraction of sp³-hybridized carbons (Fsp3) is 0.350. The van der Waals surface area contributed by atoms with Crippen LogP contribution in [-0.2, 0) is 17.9 Å². The number of benzene rings is 2. The molecule has 0 spiro atoms. The van der Waals surface area contributed by atoms with Gasteiger partial charge in [-0.05, 0) is 29.8 Å². The lowest BCUT2D eigenvalue weighted by Crippen LogP contribution is -3.08. The van der Waals surface area contributed by atoms with Gasteiger partial charge in [0, 0.05) is 12.1 Å². The van der Waals surface area contributed by atoms with Crippen LogP contribution in [0.3, 0.4) is 0 Å². The van der Waals surface area contributed by atoms with Crippen LogP contribution in [0.2, 0.25) is 0 Å². The van der Waals surface area contributed by atoms with Crippen molar-refractivity contribution in [3.8, 4) is 17.2 Å². The van der Waals surface area contributed by atoms with Gasteiger partial charge in [-0.1, -0.05) is 18.2 Å². The molecule has 0 aliphatic heterocycles. The molecule has 2 N–H and O–H groups in total. The SMILES string of the molecule is COc1cccc(C[NH+](C)CC(=O)NCc2ccc(OC)c(OC)c2)c1. The second kappa shape index (κ2) is 9.68. The second-order valence-corrected chi connectivity index (χ2v) is 6.13. The maximum atomic E-state index is 12.2. The van der Waals surface area contributed by atoms with Crippen LogP contribution < -0.4 is 24.4 Å². The van der Waals surface area contributed by atoms with E-state index in [0.29, 0.717) is 24.6 Å². The summed E-state index contributed by atoms with van der Waals surface area (Å²) in [6.45, 7) is 1.59. The number of ether oxygens (including phenoxy) is 3. The summed E-state index contributed by atoms with van der Waals surface area (Å²) in [6, 6.07) is 13.5. The molecule has 1 unspecified atom stereocenters. The first-order valence-electron chi connectivity index (χ1n) is 8.47. The molecule has 2 aromatic rings. The lowest BCUT2D eigenvalue weighted by Gasteiger charge is -2.15. The Kier molecular flexibility index (Phi) is 7.29. The third kappa shape index (κ3) is 5.67. The molecule has 6 nitrogen and oxygen atoms in total. The number of methoxy groups -OCH3 is 3. The summed E-state index contributed by atoms with van der Waals surface area (Å²) in [5, 5.41) is 2.95. The first kappa shape index (κ1) is 19.6. The number of carbonyl (C=O) groups is 1. The van der Waals surface area contributed by atoms with Gasteiger partial charge in [0.1, 0.15) is 12.3 Å². The predicted octanol–water partition coefficient (Wildman–Crippen LogP) is 1.04. The monoisotopic (exact) mass is 359 g/mol. The molecule has 0 fully saturated rings. The minimum Gasteiger partial charge on any atom is -0.497 e. The van der Waals surface area contributed by atoms with Gasteiger partial charge in [-0.3, -0.25) is 4.79 Å². The minimum absolute atomic E-state index is 0.000168. The van der Waals surface area contributed by atoms with Gasteiger partial charge in [0.2, 0.25) is 0 Å². The Balaban J connectivity index is 1.84. The zero-order valence-electron chi connectivity index (χ0n) is 15.8. The molecular weight excluding hydrogens is 332 g/mol. The van der Waals surface area contributed by atoms with Crippen molar-refractivity contribution in [2.75, 3.05) is 34.9 Å². The predicted molar refractivity (Wildman–Crippen MR) is 99.8 cm³/mol. The van der Waals surface area contributed by atoms with E-state index in [1.54, 1.807) is 21.3 Å². The van der Waals surface area contributed by atoms with Gasteiger partial charge >= 0.3 is 0 Å². The second-order valence-electron chi connectivity index (χ2n) is 6.13. The summed E-state index contributed by atoms with van der Waals surface area (Å²) in [5.74, 6) is 2.15. The maximum Gasteiger partial charge on any atom is 0.275 e. The summed E-state index contributed by atoms with van der Waals surface area (Å²) in [7, 11) is 6.84. The number of carbonyl (C=O) groups excluding carboxylic acids is 1. The molecule has 0 saturated carbocycles. The zero-order chi connectivity index (χ0) is 18.9. The van der Waals surface area contributed by atoms with E-state index in [0.717, 1.165) is 28.3 Å². The van der Waals surface area contributed by atoms with Crippen molar-refractivity contribution in [2.45, 2.75) is 13.1 Å². The topological polar surface area (TPSA) is 61.2 Å². The largest absolute Gasteiger partial charge is 0.497 e. The number of nitrogens with one attached hydrogen (secondary N) is 2. The van der Waals surface area contributed by atoms with Crippen LogP contribution in [-0.4, -0.2) is 40.8 Å². The molecule has 6 heteroatoms. The number of amides is 1. The van der Waals surface area contributed by atoms with E-state index >= 15 is 0 Å². The highest BCUT2D eigenvalue weighted by Gasteiger charge is 2.11. The molecule has 1 amide bonds. The van der Waals surface area contributed by atoms with E-state index in [2.05, 4.69) is 5.32 Å². The molecule has 140 valence electrons. The Labute approximate surface area is 154 Å². The quantitative estimate of drug-likeness (QED) is 0.702. The van der Waals surface area contributed by atoms with Crippen molar-refractivity contribution in [1.82, 2.24) is 5.32 Å². The zero-order valence-corrected chi connectivity index (χ0v) is 15.8. The minimum atomic E-state index is 0.000168. The normalized spacial score (nSPS) is 11.5. The van der Waals surface area contributed by atoms with Crippen LogP contribution in [0.4, 0.5) is 0 Å². The molecule has 0 bridgehead atoms. The van der Waals surface area contributed by atoms with Gasteiger partial charge in [0.15, 0.2) is 18.0 Å². The van der Waals surface area contributed by atoms with E-state index in [-0.39, 0.29) is 5.91 Å². The molecule has 26 heavy (non-hydrogen) atoms. The lowest BCUT2D eigenvalue weighted by atomic mass is 10.2. The highest BCUT2D eigenvalue weighted by molar-refractivity contribution is 5.76. The molecule has 0 aliphatic rings. The highest BCUT2D eigenvalue weighted by Crippen LogP contribution is 2.27. The average Bonchev–Trinajstić information content (AvgIpc) is 2.66. The van der Waals surface area contributed by atoms with Gasteiger partial charge in [-0.2, -0.15) is 0 Å². The lowest BCUT2D eigenvalue weighted by molar-refractivity contribution is -0.885. The first-order valence-corrected chi connectivity index (χ1v) is 8.47. The van der Waals surface area contributed by atoms with Crippen molar-refractivity contribution in [3.05, 3.63) is 53.6 Å². The Bertz CT molecular complexity index is 734. The molecule has 2 aromatic carbocycles. The molecule has 0 aromatic heterocycles. The van der Waals surface area contributed by atoms with Crippen molar-refractivity contribution in [1.29, 1.82) is 0 Å². The summed E-state index contributed by atoms with van der Waals surface area (Å²) in [5.41, 5.74) is 2.09. The van der Waals surface area contributed by atoms with E-state index in [1.807, 2.05) is 49.5 Å². The van der Waals surface area contributed by atoms with E-state index in [9.17, 15) is 4.79 Å². The van der Waals surface area contributed by atoms with Gasteiger partial charge in [0.25, 0.3) is 5.91 Å². The third-order valence-electron chi connectivity index (χ3n) is 4.04. The fourth-order valence-electron chi connectivity index (χ4n) is 2.72. The van der Waals surface area contributed by atoms with Gasteiger partial charge < -0.3 is 24.4 Å². The number of quaternary nitrogens is 1. The summed E-state index contributed by atoms with van der Waals surface area (Å²) in [6.07, 6.45) is 0. The van der Waals surface area contributed by atoms with E-state index < -0.39 is 0 Å². The molecular formula is C20H27N2O4+. The Morgan fingerprint density at radius 2 is 1.73 bits per heavy atom. The maximum absolute atomic E-state index is 12.2. The van der Waals surface area contributed by atoms with Crippen LogP contribution >= 0.6 is 0 Å². The van der Waals surface area contributed by atoms with Gasteiger partial charge in [-0.15, -0.1) is 0 Å². The fourth-order valence-corrected chi connectivity index (χ4v) is 2.72. The Morgan fingerprint density at radius 3 is 2.42 bits per heavy atom. The average molecular weight is 359 g/mol. The van der Waals surface area contributed by atoms with Crippen molar-refractivity contribution in [2.24, 2.45) is 0 Å². The first-order chi connectivity index (χ1) is 12.5. The molecule has 0 heterocycles. The Morgan fingerprint density at radius 1 is 0.962 bits per heavy atom. The van der Waals surface area contributed by atoms with Crippen LogP contribution in [0.15, 0.2) is 42.5 Å². The van der Waals surface area contributed by atoms with Crippen LogP contribution in [0.25, 0.3) is 0 Å². The van der Waals surface area contributed by atoms with Gasteiger partial charge in [0.05, 0.1) is 28.4 Å². The van der Waals surface area contributed by atoms with Crippen LogP contribution in [0.1, 0.15) is 11.1 Å². The standard InChI is InChI=1S/C20H26N2O4/c1-22(13-16-6-5-7-17(10-16)24-2)14-20(23)21-12-15-8-9-18(25-3)19(11-15)26-4/h5-11H,12-14H2,1-4H3,(H,21,23)/p+1. The molecule has 2 rings (SSSR count). The molecule has 0 saturated heterocycles. The summed E-state index contributed by atoms with van der Waals surface area (Å²) < 4.78 is 15.7. The molecule has 0 radical (unpaired) electrons. The molecule has 1 atom stereocenters. The number of hydrogen-bond donors (Lipinski definition) is 2. The van der Waals surface area contributed by atoms with Crippen molar-refractivity contribution >= 4 is 5.91 Å². The smallest absolute Gasteiger partial charge is 0.275 e. The van der Waals surface area contributed by atoms with Crippen LogP contribution in [0, 0.1) is 0 Å². The van der Waals surface area contributed by atoms with Gasteiger partial charge in [-0.25, -0.2) is 0 Å². The number of likely N-dealkylation sites (N-methyl/N-ethyl adjacent to an activating group) is 1. The van der Waals surface area contributed by atoms with Crippen molar-refractivity contribution in [3.63, 3.8) is 0 Å². The highest BCUT2D eigenvalue weighted by atomic mass is 16.5. The molecule has 0 aliphatic carbocycles. The number of rotatable bonds is 9. The van der Waals surface area contributed by atoms with Crippen molar-refractivity contribution < 1.29 is 23.9 Å². The van der Waals surface area contributed by atoms with E-state index in [1.165, 1.54) is 0 Å². The summed E-state index contributed by atoms with van der Waals surface area (Å²) in [4.78, 5) is 13.3. The third-order valence-corrected chi connectivity index (χ3v) is 4.04.